The predicted molar refractivity (Wildman–Crippen MR) is 132 cm³/mol. The SMILES string of the molecule is C#Cc1cc([N+](=O)[O-])cc(S(=O)(=O)N2CCN(Cc3ccccn3)CC2)c1N(CCC)CCC. The van der Waals surface area contributed by atoms with Crippen molar-refractivity contribution in [2.24, 2.45) is 0 Å². The average Bonchev–Trinajstić information content (AvgIpc) is 2.84. The molecular formula is C24H31N5O4S. The van der Waals surface area contributed by atoms with Crippen LogP contribution in [0.25, 0.3) is 0 Å². The molecule has 0 saturated carbocycles. The fourth-order valence-corrected chi connectivity index (χ4v) is 5.87. The van der Waals surface area contributed by atoms with Crippen molar-refractivity contribution in [3.05, 3.63) is 57.9 Å². The number of non-ortho nitro benzene ring substituents is 1. The van der Waals surface area contributed by atoms with E-state index in [2.05, 4.69) is 15.8 Å². The van der Waals surface area contributed by atoms with Crippen molar-refractivity contribution in [2.75, 3.05) is 44.2 Å². The second-order valence-corrected chi connectivity index (χ2v) is 10.1. The van der Waals surface area contributed by atoms with Crippen LogP contribution in [0.2, 0.25) is 0 Å². The Balaban J connectivity index is 1.95. The van der Waals surface area contributed by atoms with Gasteiger partial charge in [0.25, 0.3) is 5.69 Å². The lowest BCUT2D eigenvalue weighted by Gasteiger charge is -2.35. The summed E-state index contributed by atoms with van der Waals surface area (Å²) in [6, 6.07) is 8.17. The number of sulfonamides is 1. The van der Waals surface area contributed by atoms with Crippen LogP contribution in [-0.4, -0.2) is 66.8 Å². The van der Waals surface area contributed by atoms with Gasteiger partial charge in [-0.2, -0.15) is 4.31 Å². The molecule has 10 heteroatoms. The van der Waals surface area contributed by atoms with Gasteiger partial charge in [-0.15, -0.1) is 6.42 Å². The summed E-state index contributed by atoms with van der Waals surface area (Å²) in [5.74, 6) is 2.49. The number of anilines is 1. The van der Waals surface area contributed by atoms with E-state index in [1.165, 1.54) is 10.4 Å². The van der Waals surface area contributed by atoms with Crippen LogP contribution in [0.15, 0.2) is 41.4 Å². The van der Waals surface area contributed by atoms with E-state index in [0.29, 0.717) is 38.4 Å². The number of rotatable bonds is 10. The fraction of sp³-hybridized carbons (Fsp3) is 0.458. The minimum Gasteiger partial charge on any atom is -0.369 e. The van der Waals surface area contributed by atoms with E-state index < -0.39 is 14.9 Å². The lowest BCUT2D eigenvalue weighted by molar-refractivity contribution is -0.385. The molecule has 1 aromatic carbocycles. The monoisotopic (exact) mass is 485 g/mol. The molecule has 2 heterocycles. The van der Waals surface area contributed by atoms with Crippen molar-refractivity contribution < 1.29 is 13.3 Å². The Hall–Kier alpha value is -3.00. The summed E-state index contributed by atoms with van der Waals surface area (Å²) in [4.78, 5) is 19.3. The average molecular weight is 486 g/mol. The van der Waals surface area contributed by atoms with E-state index in [1.807, 2.05) is 36.9 Å². The molecule has 34 heavy (non-hydrogen) atoms. The number of benzene rings is 1. The van der Waals surface area contributed by atoms with Crippen LogP contribution in [0.3, 0.4) is 0 Å². The van der Waals surface area contributed by atoms with Crippen LogP contribution in [0.4, 0.5) is 11.4 Å². The van der Waals surface area contributed by atoms with Crippen molar-refractivity contribution in [2.45, 2.75) is 38.1 Å². The third-order valence-electron chi connectivity index (χ3n) is 5.79. The Morgan fingerprint density at radius 1 is 1.15 bits per heavy atom. The summed E-state index contributed by atoms with van der Waals surface area (Å²) in [6.07, 6.45) is 9.02. The third kappa shape index (κ3) is 5.73. The standard InChI is InChI=1S/C24H31N5O4S/c1-4-11-27(12-5-2)24-20(6-3)17-22(29(30)31)18-23(24)34(32,33)28-15-13-26(14-16-28)19-21-9-7-8-10-25-21/h3,7-10,17-18H,4-5,11-16,19H2,1-2H3. The van der Waals surface area contributed by atoms with Crippen molar-refractivity contribution in [1.29, 1.82) is 0 Å². The highest BCUT2D eigenvalue weighted by molar-refractivity contribution is 7.89. The van der Waals surface area contributed by atoms with Crippen molar-refractivity contribution in [3.8, 4) is 12.3 Å². The van der Waals surface area contributed by atoms with E-state index in [0.717, 1.165) is 24.6 Å². The number of terminal acetylenes is 1. The summed E-state index contributed by atoms with van der Waals surface area (Å²) in [5, 5.41) is 11.6. The molecule has 182 valence electrons. The zero-order chi connectivity index (χ0) is 24.7. The highest BCUT2D eigenvalue weighted by atomic mass is 32.2. The first-order valence-electron chi connectivity index (χ1n) is 11.5. The Bertz CT molecular complexity index is 1130. The van der Waals surface area contributed by atoms with Crippen LogP contribution in [-0.2, 0) is 16.6 Å². The molecule has 0 aliphatic carbocycles. The van der Waals surface area contributed by atoms with Gasteiger partial charge in [0.15, 0.2) is 0 Å². The quantitative estimate of drug-likeness (QED) is 0.290. The highest BCUT2D eigenvalue weighted by Crippen LogP contribution is 2.36. The van der Waals surface area contributed by atoms with Crippen LogP contribution in [0.5, 0.6) is 0 Å². The summed E-state index contributed by atoms with van der Waals surface area (Å²) >= 11 is 0. The number of piperazine rings is 1. The van der Waals surface area contributed by atoms with Crippen LogP contribution >= 0.6 is 0 Å². The van der Waals surface area contributed by atoms with Crippen molar-refractivity contribution >= 4 is 21.4 Å². The largest absolute Gasteiger partial charge is 0.369 e. The van der Waals surface area contributed by atoms with Crippen LogP contribution in [0.1, 0.15) is 37.9 Å². The molecular weight excluding hydrogens is 454 g/mol. The predicted octanol–water partition coefficient (Wildman–Crippen LogP) is 3.10. The minimum atomic E-state index is -4.01. The second-order valence-electron chi connectivity index (χ2n) is 8.23. The van der Waals surface area contributed by atoms with Crippen LogP contribution in [0, 0.1) is 22.5 Å². The molecule has 2 aromatic rings. The summed E-state index contributed by atoms with van der Waals surface area (Å²) < 4.78 is 29.0. The van der Waals surface area contributed by atoms with Gasteiger partial charge in [-0.3, -0.25) is 20.0 Å². The molecule has 0 bridgehead atoms. The molecule has 0 radical (unpaired) electrons. The molecule has 0 atom stereocenters. The molecule has 1 aromatic heterocycles. The molecule has 1 aliphatic rings. The number of hydrogen-bond donors (Lipinski definition) is 0. The number of nitro benzene ring substituents is 1. The maximum atomic E-state index is 13.8. The third-order valence-corrected chi connectivity index (χ3v) is 7.70. The summed E-state index contributed by atoms with van der Waals surface area (Å²) in [5.41, 5.74) is 1.21. The van der Waals surface area contributed by atoms with Gasteiger partial charge in [0, 0.05) is 64.1 Å². The van der Waals surface area contributed by atoms with Gasteiger partial charge in [-0.1, -0.05) is 25.8 Å². The Kier molecular flexibility index (Phi) is 8.61. The lowest BCUT2D eigenvalue weighted by Crippen LogP contribution is -2.48. The lowest BCUT2D eigenvalue weighted by atomic mass is 10.1. The first kappa shape index (κ1) is 25.6. The Morgan fingerprint density at radius 2 is 1.82 bits per heavy atom. The van der Waals surface area contributed by atoms with Crippen LogP contribution < -0.4 is 4.90 Å². The Morgan fingerprint density at radius 3 is 2.35 bits per heavy atom. The number of hydrogen-bond acceptors (Lipinski definition) is 7. The number of pyridine rings is 1. The van der Waals surface area contributed by atoms with E-state index in [9.17, 15) is 18.5 Å². The molecule has 3 rings (SSSR count). The fourth-order valence-electron chi connectivity index (χ4n) is 4.19. The topological polar surface area (TPSA) is 99.9 Å². The summed E-state index contributed by atoms with van der Waals surface area (Å²) in [6.45, 7) is 7.47. The smallest absolute Gasteiger partial charge is 0.272 e. The molecule has 0 amide bonds. The molecule has 1 aliphatic heterocycles. The molecule has 9 nitrogen and oxygen atoms in total. The maximum absolute atomic E-state index is 13.8. The molecule has 1 fully saturated rings. The molecule has 0 spiro atoms. The minimum absolute atomic E-state index is 0.0882. The zero-order valence-corrected chi connectivity index (χ0v) is 20.5. The van der Waals surface area contributed by atoms with Gasteiger partial charge >= 0.3 is 0 Å². The first-order chi connectivity index (χ1) is 16.3. The molecule has 0 unspecified atom stereocenters. The van der Waals surface area contributed by atoms with Gasteiger partial charge in [0.1, 0.15) is 4.90 Å². The molecule has 0 N–H and O–H groups in total. The highest BCUT2D eigenvalue weighted by Gasteiger charge is 2.34. The normalized spacial score (nSPS) is 15.1. The Labute approximate surface area is 201 Å². The van der Waals surface area contributed by atoms with Gasteiger partial charge in [-0.05, 0) is 25.0 Å². The second kappa shape index (κ2) is 11.4. The van der Waals surface area contributed by atoms with Gasteiger partial charge in [0.05, 0.1) is 21.9 Å². The van der Waals surface area contributed by atoms with E-state index in [1.54, 1.807) is 6.20 Å². The van der Waals surface area contributed by atoms with E-state index >= 15 is 0 Å². The first-order valence-corrected chi connectivity index (χ1v) is 12.9. The van der Waals surface area contributed by atoms with Crippen molar-refractivity contribution in [3.63, 3.8) is 0 Å². The van der Waals surface area contributed by atoms with Gasteiger partial charge in [-0.25, -0.2) is 8.42 Å². The number of nitrogens with zero attached hydrogens (tertiary/aromatic N) is 5. The number of aromatic nitrogens is 1. The number of nitro groups is 1. The maximum Gasteiger partial charge on any atom is 0.272 e. The van der Waals surface area contributed by atoms with E-state index in [4.69, 9.17) is 6.42 Å². The van der Waals surface area contributed by atoms with Gasteiger partial charge < -0.3 is 4.90 Å². The van der Waals surface area contributed by atoms with Gasteiger partial charge in [0.2, 0.25) is 10.0 Å². The van der Waals surface area contributed by atoms with Crippen molar-refractivity contribution in [1.82, 2.24) is 14.2 Å². The summed E-state index contributed by atoms with van der Waals surface area (Å²) in [7, 11) is -4.01. The zero-order valence-electron chi connectivity index (χ0n) is 19.7. The molecule has 1 saturated heterocycles. The van der Waals surface area contributed by atoms with E-state index in [-0.39, 0.29) is 29.2 Å².